The molecule has 6 heteroatoms. The van der Waals surface area contributed by atoms with E-state index in [0.29, 0.717) is 25.7 Å². The van der Waals surface area contributed by atoms with Crippen molar-refractivity contribution in [3.63, 3.8) is 0 Å². The Hall–Kier alpha value is -3.15. The number of carboxylic acids is 1. The predicted molar refractivity (Wildman–Crippen MR) is 122 cm³/mol. The standard InChI is InChI=1S/C26H29FN2O3/c1-2-22(26(31)32)29-23-13-11-18(27)15-20(23)21-16-19(12-14-24(21)29)28-25(30)10-6-9-17-7-4-3-5-8-17/h3-5,7-8,11,13,15,19,22H,2,6,9-10,12,14,16H2,1H3,(H,28,30)(H,31,32). The number of hydrogen-bond acceptors (Lipinski definition) is 2. The van der Waals surface area contributed by atoms with Crippen LogP contribution in [0.3, 0.4) is 0 Å². The lowest BCUT2D eigenvalue weighted by Gasteiger charge is -2.26. The van der Waals surface area contributed by atoms with Crippen molar-refractivity contribution < 1.29 is 19.1 Å². The normalized spacial score (nSPS) is 16.5. The smallest absolute Gasteiger partial charge is 0.326 e. The Kier molecular flexibility index (Phi) is 6.58. The Bertz CT molecular complexity index is 1120. The number of aliphatic carboxylic acids is 1. The number of nitrogens with zero attached hydrogens (tertiary/aromatic N) is 1. The number of aryl methyl sites for hydroxylation is 1. The highest BCUT2D eigenvalue weighted by Crippen LogP contribution is 2.36. The maximum atomic E-state index is 14.0. The molecule has 0 aliphatic heterocycles. The molecule has 32 heavy (non-hydrogen) atoms. The van der Waals surface area contributed by atoms with Crippen LogP contribution in [0.5, 0.6) is 0 Å². The van der Waals surface area contributed by atoms with E-state index in [1.165, 1.54) is 17.7 Å². The summed E-state index contributed by atoms with van der Waals surface area (Å²) in [6.45, 7) is 1.85. The third-order valence-corrected chi connectivity index (χ3v) is 6.42. The summed E-state index contributed by atoms with van der Waals surface area (Å²) in [6.07, 6.45) is 4.55. The van der Waals surface area contributed by atoms with Gasteiger partial charge in [0.2, 0.25) is 5.91 Å². The maximum Gasteiger partial charge on any atom is 0.326 e. The van der Waals surface area contributed by atoms with Crippen molar-refractivity contribution in [2.24, 2.45) is 0 Å². The Morgan fingerprint density at radius 2 is 2.00 bits per heavy atom. The minimum Gasteiger partial charge on any atom is -0.480 e. The number of carbonyl (C=O) groups excluding carboxylic acids is 1. The van der Waals surface area contributed by atoms with Crippen molar-refractivity contribution in [3.05, 3.63) is 71.2 Å². The zero-order valence-corrected chi connectivity index (χ0v) is 18.3. The van der Waals surface area contributed by atoms with E-state index < -0.39 is 12.0 Å². The Balaban J connectivity index is 1.49. The molecule has 1 aliphatic carbocycles. The first-order valence-electron chi connectivity index (χ1n) is 11.3. The summed E-state index contributed by atoms with van der Waals surface area (Å²) in [7, 11) is 0. The van der Waals surface area contributed by atoms with Gasteiger partial charge in [-0.1, -0.05) is 37.3 Å². The molecule has 5 nitrogen and oxygen atoms in total. The molecule has 0 saturated carbocycles. The topological polar surface area (TPSA) is 71.3 Å². The lowest BCUT2D eigenvalue weighted by atomic mass is 9.91. The molecule has 4 rings (SSSR count). The molecule has 1 heterocycles. The second-order valence-electron chi connectivity index (χ2n) is 8.57. The third-order valence-electron chi connectivity index (χ3n) is 6.42. The fourth-order valence-corrected chi connectivity index (χ4v) is 4.91. The summed E-state index contributed by atoms with van der Waals surface area (Å²) in [5.41, 5.74) is 3.89. The summed E-state index contributed by atoms with van der Waals surface area (Å²) in [4.78, 5) is 24.4. The highest BCUT2D eigenvalue weighted by molar-refractivity contribution is 5.88. The molecule has 2 N–H and O–H groups in total. The number of carbonyl (C=O) groups is 2. The molecule has 1 aliphatic rings. The lowest BCUT2D eigenvalue weighted by molar-refractivity contribution is -0.141. The van der Waals surface area contributed by atoms with Crippen LogP contribution >= 0.6 is 0 Å². The van der Waals surface area contributed by atoms with E-state index in [2.05, 4.69) is 17.4 Å². The van der Waals surface area contributed by atoms with Gasteiger partial charge in [-0.05, 0) is 67.9 Å². The van der Waals surface area contributed by atoms with Crippen molar-refractivity contribution in [2.75, 3.05) is 0 Å². The second kappa shape index (κ2) is 9.55. The average Bonchev–Trinajstić information content (AvgIpc) is 3.08. The first kappa shape index (κ1) is 22.1. The van der Waals surface area contributed by atoms with Crippen LogP contribution in [0.1, 0.15) is 55.5 Å². The highest BCUT2D eigenvalue weighted by atomic mass is 19.1. The van der Waals surface area contributed by atoms with Gasteiger partial charge in [0.05, 0.1) is 0 Å². The molecule has 0 radical (unpaired) electrons. The summed E-state index contributed by atoms with van der Waals surface area (Å²) in [5.74, 6) is -1.19. The number of fused-ring (bicyclic) bond motifs is 3. The summed E-state index contributed by atoms with van der Waals surface area (Å²) in [6, 6.07) is 13.9. The summed E-state index contributed by atoms with van der Waals surface area (Å²) in [5, 5.41) is 13.6. The van der Waals surface area contributed by atoms with Crippen molar-refractivity contribution in [1.29, 1.82) is 0 Å². The van der Waals surface area contributed by atoms with Crippen LogP contribution in [0.2, 0.25) is 0 Å². The van der Waals surface area contributed by atoms with Gasteiger partial charge in [0.1, 0.15) is 11.9 Å². The first-order chi connectivity index (χ1) is 15.5. The molecule has 0 saturated heterocycles. The Labute approximate surface area is 187 Å². The van der Waals surface area contributed by atoms with Crippen LogP contribution < -0.4 is 5.32 Å². The predicted octanol–water partition coefficient (Wildman–Crippen LogP) is 4.81. The molecule has 0 bridgehead atoms. The number of hydrogen-bond donors (Lipinski definition) is 2. The van der Waals surface area contributed by atoms with E-state index in [4.69, 9.17) is 0 Å². The third kappa shape index (κ3) is 4.54. The molecular weight excluding hydrogens is 407 g/mol. The van der Waals surface area contributed by atoms with E-state index >= 15 is 0 Å². The molecule has 1 amide bonds. The van der Waals surface area contributed by atoms with Gasteiger partial charge in [0.15, 0.2) is 0 Å². The number of rotatable bonds is 8. The quantitative estimate of drug-likeness (QED) is 0.532. The fourth-order valence-electron chi connectivity index (χ4n) is 4.91. The zero-order chi connectivity index (χ0) is 22.7. The van der Waals surface area contributed by atoms with Crippen molar-refractivity contribution in [2.45, 2.75) is 64.0 Å². The number of nitrogens with one attached hydrogen (secondary N) is 1. The van der Waals surface area contributed by atoms with Gasteiger partial charge >= 0.3 is 5.97 Å². The van der Waals surface area contributed by atoms with Gasteiger partial charge in [-0.25, -0.2) is 9.18 Å². The molecular formula is C26H29FN2O3. The SMILES string of the molecule is CCC(C(=O)O)n1c2c(c3cc(F)ccc31)CC(NC(=O)CCCc1ccccc1)CC2. The van der Waals surface area contributed by atoms with Gasteiger partial charge in [-0.15, -0.1) is 0 Å². The second-order valence-corrected chi connectivity index (χ2v) is 8.57. The summed E-state index contributed by atoms with van der Waals surface area (Å²) >= 11 is 0. The molecule has 2 atom stereocenters. The van der Waals surface area contributed by atoms with Crippen molar-refractivity contribution in [3.8, 4) is 0 Å². The molecule has 1 aromatic heterocycles. The van der Waals surface area contributed by atoms with Gasteiger partial charge in [0.25, 0.3) is 0 Å². The van der Waals surface area contributed by atoms with Crippen LogP contribution in [0, 0.1) is 5.82 Å². The molecule has 2 unspecified atom stereocenters. The Morgan fingerprint density at radius 3 is 2.72 bits per heavy atom. The minimum absolute atomic E-state index is 0.0288. The van der Waals surface area contributed by atoms with Crippen LogP contribution in [-0.4, -0.2) is 27.6 Å². The molecule has 0 fully saturated rings. The first-order valence-corrected chi connectivity index (χ1v) is 11.3. The lowest BCUT2D eigenvalue weighted by Crippen LogP contribution is -2.39. The molecule has 2 aromatic carbocycles. The van der Waals surface area contributed by atoms with E-state index in [1.807, 2.05) is 29.7 Å². The van der Waals surface area contributed by atoms with E-state index in [0.717, 1.165) is 41.4 Å². The van der Waals surface area contributed by atoms with E-state index in [1.54, 1.807) is 6.07 Å². The molecule has 0 spiro atoms. The van der Waals surface area contributed by atoms with Crippen LogP contribution in [0.25, 0.3) is 10.9 Å². The van der Waals surface area contributed by atoms with Crippen molar-refractivity contribution in [1.82, 2.24) is 9.88 Å². The summed E-state index contributed by atoms with van der Waals surface area (Å²) < 4.78 is 15.9. The fraction of sp³-hybridized carbons (Fsp3) is 0.385. The number of aromatic nitrogens is 1. The molecule has 168 valence electrons. The monoisotopic (exact) mass is 436 g/mol. The number of amides is 1. The molecule has 3 aromatic rings. The zero-order valence-electron chi connectivity index (χ0n) is 18.3. The maximum absolute atomic E-state index is 14.0. The number of carboxylic acid groups (broad SMARTS) is 1. The number of halogens is 1. The van der Waals surface area contributed by atoms with Crippen LogP contribution in [0.15, 0.2) is 48.5 Å². The Morgan fingerprint density at radius 1 is 1.22 bits per heavy atom. The van der Waals surface area contributed by atoms with E-state index in [9.17, 15) is 19.1 Å². The van der Waals surface area contributed by atoms with Gasteiger partial charge in [-0.3, -0.25) is 4.79 Å². The van der Waals surface area contributed by atoms with Crippen LogP contribution in [-0.2, 0) is 28.9 Å². The average molecular weight is 437 g/mol. The van der Waals surface area contributed by atoms with Crippen molar-refractivity contribution >= 4 is 22.8 Å². The van der Waals surface area contributed by atoms with Gasteiger partial charge in [-0.2, -0.15) is 0 Å². The van der Waals surface area contributed by atoms with Gasteiger partial charge < -0.3 is 15.0 Å². The largest absolute Gasteiger partial charge is 0.480 e. The van der Waals surface area contributed by atoms with Crippen LogP contribution in [0.4, 0.5) is 4.39 Å². The minimum atomic E-state index is -0.884. The number of benzene rings is 2. The van der Waals surface area contributed by atoms with E-state index in [-0.39, 0.29) is 17.8 Å². The van der Waals surface area contributed by atoms with Gasteiger partial charge in [0, 0.05) is 29.1 Å². The highest BCUT2D eigenvalue weighted by Gasteiger charge is 2.30.